The van der Waals surface area contributed by atoms with Crippen LogP contribution in [0.5, 0.6) is 5.88 Å². The summed E-state index contributed by atoms with van der Waals surface area (Å²) in [5.41, 5.74) is 1.05. The van der Waals surface area contributed by atoms with E-state index in [0.717, 1.165) is 9.69 Å². The van der Waals surface area contributed by atoms with Crippen molar-refractivity contribution in [3.05, 3.63) is 88.8 Å². The van der Waals surface area contributed by atoms with Crippen LogP contribution in [0.2, 0.25) is 0 Å². The van der Waals surface area contributed by atoms with E-state index in [4.69, 9.17) is 0 Å². The molecule has 1 aromatic heterocycles. The van der Waals surface area contributed by atoms with E-state index < -0.39 is 23.3 Å². The number of benzene rings is 2. The molecule has 0 N–H and O–H groups in total. The van der Waals surface area contributed by atoms with E-state index in [-0.39, 0.29) is 33.7 Å². The predicted octanol–water partition coefficient (Wildman–Crippen LogP) is 1.63. The quantitative estimate of drug-likeness (QED) is 0.593. The summed E-state index contributed by atoms with van der Waals surface area (Å²) in [7, 11) is 0. The second kappa shape index (κ2) is 7.05. The van der Waals surface area contributed by atoms with E-state index in [1.54, 1.807) is 74.5 Å². The molecule has 0 saturated carbocycles. The van der Waals surface area contributed by atoms with E-state index in [1.807, 2.05) is 0 Å². The second-order valence-corrected chi connectivity index (χ2v) is 7.43. The molecule has 2 aromatic carbocycles. The highest BCUT2D eigenvalue weighted by molar-refractivity contribution is 6.45. The van der Waals surface area contributed by atoms with Crippen LogP contribution in [-0.2, 0) is 9.59 Å². The largest absolute Gasteiger partial charge is 0.871 e. The molecule has 32 heavy (non-hydrogen) atoms. The Hall–Kier alpha value is -4.46. The number of rotatable bonds is 3. The number of Topliss-reactive ketones (excluding diaryl/α,β-unsaturated/α-hetero) is 1. The van der Waals surface area contributed by atoms with Crippen molar-refractivity contribution in [3.63, 3.8) is 0 Å². The van der Waals surface area contributed by atoms with Gasteiger partial charge in [-0.1, -0.05) is 42.2 Å². The third kappa shape index (κ3) is 2.70. The Labute approximate surface area is 183 Å². The summed E-state index contributed by atoms with van der Waals surface area (Å²) < 4.78 is 1.16. The number of carbonyl (C=O) groups is 2. The monoisotopic (exact) mass is 424 g/mol. The zero-order valence-electron chi connectivity index (χ0n) is 17.2. The third-order valence-electron chi connectivity index (χ3n) is 5.45. The lowest BCUT2D eigenvalue weighted by Crippen LogP contribution is -2.34. The highest BCUT2D eigenvalue weighted by Gasteiger charge is 2.40. The van der Waals surface area contributed by atoms with Crippen LogP contribution in [0.1, 0.15) is 18.2 Å². The Morgan fingerprint density at radius 2 is 1.38 bits per heavy atom. The molecule has 0 atom stereocenters. The number of carbonyl (C=O) groups excluding carboxylic acids is 2. The number of nitrogens with zero attached hydrogens (tertiary/aromatic N) is 4. The van der Waals surface area contributed by atoms with Gasteiger partial charge >= 0.3 is 0 Å². The van der Waals surface area contributed by atoms with Gasteiger partial charge in [0.2, 0.25) is 0 Å². The van der Waals surface area contributed by atoms with Gasteiger partial charge in [-0.2, -0.15) is 15.2 Å². The van der Waals surface area contributed by atoms with Crippen LogP contribution in [-0.4, -0.2) is 27.2 Å². The Morgan fingerprint density at radius 3 is 1.97 bits per heavy atom. The molecule has 158 valence electrons. The molecule has 3 aromatic rings. The number of aryl methyl sites for hydroxylation is 1. The Bertz CT molecular complexity index is 1380. The van der Waals surface area contributed by atoms with Crippen LogP contribution in [0.15, 0.2) is 82.7 Å². The lowest BCUT2D eigenvalue weighted by Gasteiger charge is -2.32. The summed E-state index contributed by atoms with van der Waals surface area (Å²) >= 11 is 0. The van der Waals surface area contributed by atoms with Crippen LogP contribution >= 0.6 is 0 Å². The number of hydrogen-bond acceptors (Lipinski definition) is 6. The van der Waals surface area contributed by atoms with E-state index in [1.165, 1.54) is 0 Å². The molecule has 0 unspecified atom stereocenters. The third-order valence-corrected chi connectivity index (χ3v) is 5.45. The van der Waals surface area contributed by atoms with E-state index >= 15 is 0 Å². The first-order valence-corrected chi connectivity index (χ1v) is 9.88. The fourth-order valence-corrected chi connectivity index (χ4v) is 3.92. The van der Waals surface area contributed by atoms with E-state index in [0.29, 0.717) is 11.4 Å². The van der Waals surface area contributed by atoms with Gasteiger partial charge in [-0.05, 0) is 44.0 Å². The number of amides is 1. The van der Waals surface area contributed by atoms with Gasteiger partial charge in [0.05, 0.1) is 28.4 Å². The lowest BCUT2D eigenvalue weighted by atomic mass is 9.80. The first-order valence-electron chi connectivity index (χ1n) is 9.88. The number of aromatic nitrogens is 2. The van der Waals surface area contributed by atoms with Crippen molar-refractivity contribution in [1.82, 2.24) is 9.78 Å². The number of allylic oxidation sites excluding steroid dienone is 2. The minimum Gasteiger partial charge on any atom is -0.871 e. The van der Waals surface area contributed by atoms with Crippen molar-refractivity contribution in [1.29, 1.82) is 0 Å². The molecule has 0 bridgehead atoms. The van der Waals surface area contributed by atoms with Crippen LogP contribution in [0.4, 0.5) is 5.69 Å². The highest BCUT2D eigenvalue weighted by atomic mass is 16.3. The van der Waals surface area contributed by atoms with Crippen LogP contribution in [0.25, 0.3) is 11.3 Å². The van der Waals surface area contributed by atoms with Gasteiger partial charge in [0.15, 0.2) is 5.78 Å². The second-order valence-electron chi connectivity index (χ2n) is 7.43. The standard InChI is InChI=1S/C24H18N4O4/c1-13-17(23(31)27(25-13)15-9-5-3-6-10-15)19-21(29)20(22(19)30)18-14(2)26-28(24(18)32)16-11-7-4-8-12-16/h3-12,29,31H,1-2H3/p-2. The number of para-hydroxylation sites is 2. The Kier molecular flexibility index (Phi) is 4.30. The molecule has 0 fully saturated rings. The topological polar surface area (TPSA) is 114 Å². The molecule has 0 spiro atoms. The van der Waals surface area contributed by atoms with Gasteiger partial charge in [0.1, 0.15) is 0 Å². The van der Waals surface area contributed by atoms with Gasteiger partial charge in [-0.3, -0.25) is 9.59 Å². The first-order chi connectivity index (χ1) is 15.4. The number of ketones is 1. The zero-order valence-corrected chi connectivity index (χ0v) is 17.2. The molecule has 0 saturated heterocycles. The Morgan fingerprint density at radius 1 is 0.781 bits per heavy atom. The van der Waals surface area contributed by atoms with Crippen molar-refractivity contribution >= 4 is 28.7 Å². The molecule has 0 radical (unpaired) electrons. The average Bonchev–Trinajstić information content (AvgIpc) is 3.26. The molecular formula is C24H16N4O4-2. The summed E-state index contributed by atoms with van der Waals surface area (Å²) in [6, 6.07) is 17.5. The van der Waals surface area contributed by atoms with Crippen LogP contribution < -0.4 is 15.2 Å². The summed E-state index contributed by atoms with van der Waals surface area (Å²) in [5, 5.41) is 35.6. The normalized spacial score (nSPS) is 18.3. The molecule has 2 heterocycles. The van der Waals surface area contributed by atoms with Gasteiger partial charge in [-0.15, -0.1) is 0 Å². The molecule has 5 rings (SSSR count). The summed E-state index contributed by atoms with van der Waals surface area (Å²) in [4.78, 5) is 26.0. The molecule has 2 aliphatic rings. The van der Waals surface area contributed by atoms with Gasteiger partial charge in [0, 0.05) is 16.7 Å². The molecule has 1 amide bonds. The van der Waals surface area contributed by atoms with Gasteiger partial charge < -0.3 is 10.2 Å². The van der Waals surface area contributed by atoms with Crippen molar-refractivity contribution in [2.45, 2.75) is 13.8 Å². The Balaban J connectivity index is 1.59. The lowest BCUT2D eigenvalue weighted by molar-refractivity contribution is -0.298. The van der Waals surface area contributed by atoms with Crippen molar-refractivity contribution < 1.29 is 19.8 Å². The predicted molar refractivity (Wildman–Crippen MR) is 114 cm³/mol. The summed E-state index contributed by atoms with van der Waals surface area (Å²) in [6.45, 7) is 3.14. The maximum absolute atomic E-state index is 13.0. The van der Waals surface area contributed by atoms with E-state index in [9.17, 15) is 19.8 Å². The maximum Gasteiger partial charge on any atom is 0.281 e. The SMILES string of the molecule is CC1=NN(c2ccccc2)C(=O)C1=C1C(=O)C(c2c(C)nn(-c3ccccc3)c2[O-])=C1[O-]. The molecule has 1 aliphatic carbocycles. The average molecular weight is 424 g/mol. The number of hydrazone groups is 1. The molecule has 8 heteroatoms. The maximum atomic E-state index is 13.0. The highest BCUT2D eigenvalue weighted by Crippen LogP contribution is 2.42. The van der Waals surface area contributed by atoms with Crippen molar-refractivity contribution in [2.75, 3.05) is 5.01 Å². The minimum atomic E-state index is -0.643. The zero-order chi connectivity index (χ0) is 22.6. The van der Waals surface area contributed by atoms with Gasteiger partial charge in [-0.25, -0.2) is 4.68 Å². The summed E-state index contributed by atoms with van der Waals surface area (Å²) in [6.07, 6.45) is 0. The van der Waals surface area contributed by atoms with Crippen LogP contribution in [0, 0.1) is 6.92 Å². The van der Waals surface area contributed by atoms with Crippen molar-refractivity contribution in [3.8, 4) is 11.6 Å². The van der Waals surface area contributed by atoms with Crippen LogP contribution in [0.3, 0.4) is 0 Å². The molecular weight excluding hydrogens is 408 g/mol. The smallest absolute Gasteiger partial charge is 0.281 e. The fourth-order valence-electron chi connectivity index (χ4n) is 3.92. The van der Waals surface area contributed by atoms with Crippen molar-refractivity contribution in [2.24, 2.45) is 5.10 Å². The molecule has 8 nitrogen and oxygen atoms in total. The minimum absolute atomic E-state index is 0.0341. The number of anilines is 1. The van der Waals surface area contributed by atoms with Gasteiger partial charge in [0.25, 0.3) is 5.91 Å². The first kappa shape index (κ1) is 19.5. The fraction of sp³-hybridized carbons (Fsp3) is 0.0833. The number of hydrogen-bond donors (Lipinski definition) is 0. The van der Waals surface area contributed by atoms with E-state index in [2.05, 4.69) is 10.2 Å². The molecule has 1 aliphatic heterocycles. The summed E-state index contributed by atoms with van der Waals surface area (Å²) in [5.74, 6) is -2.39.